The Morgan fingerprint density at radius 2 is 2.03 bits per heavy atom. The van der Waals surface area contributed by atoms with Crippen molar-refractivity contribution in [2.24, 2.45) is 0 Å². The molecule has 0 saturated heterocycles. The van der Waals surface area contributed by atoms with E-state index < -0.39 is 17.8 Å². The lowest BCUT2D eigenvalue weighted by Crippen LogP contribution is -2.41. The molecule has 2 N–H and O–H groups in total. The van der Waals surface area contributed by atoms with Crippen LogP contribution in [0.15, 0.2) is 42.6 Å². The number of H-pyrrole nitrogens is 1. The van der Waals surface area contributed by atoms with E-state index in [0.717, 1.165) is 29.5 Å². The van der Waals surface area contributed by atoms with E-state index in [0.29, 0.717) is 22.6 Å². The van der Waals surface area contributed by atoms with Crippen molar-refractivity contribution in [3.05, 3.63) is 53.2 Å². The Morgan fingerprint density at radius 1 is 1.24 bits per heavy atom. The van der Waals surface area contributed by atoms with E-state index >= 15 is 0 Å². The molecule has 4 aromatic rings. The minimum atomic E-state index is -4.53. The Morgan fingerprint density at radius 3 is 2.74 bits per heavy atom. The zero-order chi connectivity index (χ0) is 24.5. The van der Waals surface area contributed by atoms with Crippen LogP contribution in [-0.2, 0) is 10.9 Å². The first-order valence-corrected chi connectivity index (χ1v) is 11.2. The highest BCUT2D eigenvalue weighted by Crippen LogP contribution is 2.34. The van der Waals surface area contributed by atoms with Crippen LogP contribution in [0.1, 0.15) is 32.3 Å². The number of hydrogen-bond donors (Lipinski definition) is 2. The van der Waals surface area contributed by atoms with Gasteiger partial charge in [-0.15, -0.1) is 0 Å². The van der Waals surface area contributed by atoms with Gasteiger partial charge in [-0.2, -0.15) is 13.2 Å². The van der Waals surface area contributed by atoms with Crippen LogP contribution in [0.5, 0.6) is 0 Å². The highest BCUT2D eigenvalue weighted by atomic mass is 35.5. The van der Waals surface area contributed by atoms with Gasteiger partial charge >= 0.3 is 12.3 Å². The van der Waals surface area contributed by atoms with Gasteiger partial charge in [0, 0.05) is 28.7 Å². The summed E-state index contributed by atoms with van der Waals surface area (Å²) in [7, 11) is 0. The molecule has 11 heteroatoms. The molecule has 0 saturated carbocycles. The normalized spacial score (nSPS) is 11.8. The second-order valence-electron chi connectivity index (χ2n) is 7.65. The summed E-state index contributed by atoms with van der Waals surface area (Å²) < 4.78 is 46.8. The third kappa shape index (κ3) is 4.63. The maximum Gasteiger partial charge on any atom is 0.429 e. The molecule has 0 aliphatic rings. The van der Waals surface area contributed by atoms with Gasteiger partial charge < -0.3 is 15.0 Å². The lowest BCUT2D eigenvalue weighted by atomic mass is 10.2. The molecule has 0 aliphatic heterocycles. The lowest BCUT2D eigenvalue weighted by molar-refractivity contribution is -0.137. The van der Waals surface area contributed by atoms with Crippen molar-refractivity contribution in [3.63, 3.8) is 0 Å². The van der Waals surface area contributed by atoms with E-state index in [-0.39, 0.29) is 24.6 Å². The van der Waals surface area contributed by atoms with Gasteiger partial charge in [0.2, 0.25) is 5.95 Å². The number of rotatable bonds is 7. The first-order valence-electron chi connectivity index (χ1n) is 10.8. The topological polar surface area (TPSA) is 75.2 Å². The Kier molecular flexibility index (Phi) is 6.60. The number of carbonyl (C=O) groups excluding carboxylic acids is 1. The molecule has 2 aromatic heterocycles. The molecule has 0 unspecified atom stereocenters. The number of amides is 1. The number of imidazole rings is 1. The van der Waals surface area contributed by atoms with Crippen molar-refractivity contribution in [3.8, 4) is 0 Å². The molecule has 2 heterocycles. The predicted molar refractivity (Wildman–Crippen MR) is 126 cm³/mol. The van der Waals surface area contributed by atoms with Crippen LogP contribution in [0.25, 0.3) is 21.9 Å². The molecule has 1 amide bonds. The van der Waals surface area contributed by atoms with E-state index in [1.165, 1.54) is 15.8 Å². The number of fused-ring (bicyclic) bond motifs is 2. The Bertz CT molecular complexity index is 1330. The molecule has 7 nitrogen and oxygen atoms in total. The fraction of sp³-hybridized carbons (Fsp3) is 0.304. The van der Waals surface area contributed by atoms with Crippen molar-refractivity contribution in [1.29, 1.82) is 0 Å². The van der Waals surface area contributed by atoms with Gasteiger partial charge in [0.05, 0.1) is 28.9 Å². The summed E-state index contributed by atoms with van der Waals surface area (Å²) in [6, 6.07) is 8.52. The molecule has 2 aromatic carbocycles. The van der Waals surface area contributed by atoms with Crippen LogP contribution in [-0.4, -0.2) is 33.9 Å². The lowest BCUT2D eigenvalue weighted by Gasteiger charge is -2.24. The number of nitrogens with zero attached hydrogens (tertiary/aromatic N) is 3. The second-order valence-corrected chi connectivity index (χ2v) is 8.09. The summed E-state index contributed by atoms with van der Waals surface area (Å²) >= 11 is 6.14. The van der Waals surface area contributed by atoms with Crippen LogP contribution in [0.3, 0.4) is 0 Å². The molecular weight excluding hydrogens is 471 g/mol. The van der Waals surface area contributed by atoms with Gasteiger partial charge in [0.25, 0.3) is 0 Å². The summed E-state index contributed by atoms with van der Waals surface area (Å²) in [6.07, 6.45) is -1.90. The predicted octanol–water partition coefficient (Wildman–Crippen LogP) is 6.83. The number of alkyl halides is 3. The smallest absolute Gasteiger partial charge is 0.429 e. The Labute approximate surface area is 198 Å². The first-order chi connectivity index (χ1) is 16.2. The van der Waals surface area contributed by atoms with Gasteiger partial charge in [-0.25, -0.2) is 19.5 Å². The minimum Gasteiger partial charge on any atom is -0.448 e. The highest BCUT2D eigenvalue weighted by molar-refractivity contribution is 6.31. The fourth-order valence-electron chi connectivity index (χ4n) is 3.62. The van der Waals surface area contributed by atoms with E-state index in [1.54, 1.807) is 25.3 Å². The van der Waals surface area contributed by atoms with Crippen LogP contribution < -0.4 is 10.3 Å². The summed E-state index contributed by atoms with van der Waals surface area (Å²) in [4.78, 5) is 20.4. The fourth-order valence-corrected chi connectivity index (χ4v) is 3.79. The van der Waals surface area contributed by atoms with Crippen molar-refractivity contribution in [2.75, 3.05) is 23.5 Å². The van der Waals surface area contributed by atoms with Crippen LogP contribution in [0.2, 0.25) is 5.02 Å². The quantitative estimate of drug-likeness (QED) is 0.277. The second kappa shape index (κ2) is 9.46. The van der Waals surface area contributed by atoms with Gasteiger partial charge in [-0.1, -0.05) is 24.9 Å². The molecule has 0 atom stereocenters. The van der Waals surface area contributed by atoms with Crippen molar-refractivity contribution < 1.29 is 22.7 Å². The molecule has 180 valence electrons. The minimum absolute atomic E-state index is 0.0787. The maximum atomic E-state index is 13.3. The van der Waals surface area contributed by atoms with Gasteiger partial charge in [0.15, 0.2) is 0 Å². The molecule has 4 rings (SSSR count). The number of aromatic amines is 1. The average Bonchev–Trinajstić information content (AvgIpc) is 3.35. The largest absolute Gasteiger partial charge is 0.448 e. The number of aromatic nitrogens is 3. The van der Waals surface area contributed by atoms with E-state index in [4.69, 9.17) is 16.3 Å². The number of unbranched alkanes of at least 4 members (excludes halogenated alkanes) is 1. The van der Waals surface area contributed by atoms with Crippen LogP contribution in [0.4, 0.5) is 29.6 Å². The summed E-state index contributed by atoms with van der Waals surface area (Å²) in [6.45, 7) is 4.15. The third-order valence-corrected chi connectivity index (χ3v) is 5.56. The number of carbonyl (C=O) groups is 1. The SMILES string of the molecule is CCCCOC(=O)N(CC)n1c(Nc2c[nH]c3ccc(Cl)cc23)nc2cc(C(F)(F)F)ccc21. The Hall–Kier alpha value is -3.40. The number of halogens is 4. The van der Waals surface area contributed by atoms with Gasteiger partial charge in [-0.3, -0.25) is 0 Å². The van der Waals surface area contributed by atoms with Gasteiger partial charge in [0.1, 0.15) is 0 Å². The summed E-state index contributed by atoms with van der Waals surface area (Å²) in [5, 5.41) is 5.71. The standard InChI is InChI=1S/C23H23ClF3N5O2/c1-3-5-10-34-22(33)31(4-2)32-20-9-6-14(23(25,26)27)11-18(20)29-21(32)30-19-13-28-17-8-7-15(24)12-16(17)19/h6-9,11-13,28H,3-5,10H2,1-2H3,(H,29,30). The third-order valence-electron chi connectivity index (χ3n) is 5.32. The van der Waals surface area contributed by atoms with Gasteiger partial charge in [-0.05, 0) is 49.7 Å². The number of ether oxygens (including phenoxy) is 1. The van der Waals surface area contributed by atoms with Crippen molar-refractivity contribution >= 4 is 51.3 Å². The molecule has 0 fully saturated rings. The number of benzene rings is 2. The Balaban J connectivity index is 1.83. The molecule has 0 radical (unpaired) electrons. The molecule has 0 aliphatic carbocycles. The molecule has 0 spiro atoms. The van der Waals surface area contributed by atoms with Crippen molar-refractivity contribution in [2.45, 2.75) is 32.9 Å². The van der Waals surface area contributed by atoms with Crippen molar-refractivity contribution in [1.82, 2.24) is 14.6 Å². The average molecular weight is 494 g/mol. The highest BCUT2D eigenvalue weighted by Gasteiger charge is 2.32. The maximum absolute atomic E-state index is 13.3. The van der Waals surface area contributed by atoms with E-state index in [9.17, 15) is 18.0 Å². The number of nitrogens with one attached hydrogen (secondary N) is 2. The molecule has 0 bridgehead atoms. The summed E-state index contributed by atoms with van der Waals surface area (Å²) in [5.41, 5.74) is 0.974. The number of anilines is 2. The first kappa shape index (κ1) is 23.7. The monoisotopic (exact) mass is 493 g/mol. The van der Waals surface area contributed by atoms with Crippen LogP contribution in [0, 0.1) is 0 Å². The van der Waals surface area contributed by atoms with E-state index in [1.807, 2.05) is 13.0 Å². The zero-order valence-corrected chi connectivity index (χ0v) is 19.3. The van der Waals surface area contributed by atoms with E-state index in [2.05, 4.69) is 15.3 Å². The van der Waals surface area contributed by atoms with Crippen LogP contribution >= 0.6 is 11.6 Å². The summed E-state index contributed by atoms with van der Waals surface area (Å²) in [5.74, 6) is 0.157. The molecular formula is C23H23ClF3N5O2. The zero-order valence-electron chi connectivity index (χ0n) is 18.5. The number of hydrogen-bond acceptors (Lipinski definition) is 4. The molecule has 34 heavy (non-hydrogen) atoms.